The molecule has 150 valence electrons. The number of nitrogens with two attached hydrogens (primary N) is 2. The molecule has 1 saturated heterocycles. The van der Waals surface area contributed by atoms with Crippen LogP contribution < -0.4 is 11.5 Å². The third-order valence-electron chi connectivity index (χ3n) is 5.80. The maximum atomic E-state index is 11.5. The first-order valence-corrected chi connectivity index (χ1v) is 10.0. The van der Waals surface area contributed by atoms with Gasteiger partial charge in [-0.1, -0.05) is 18.2 Å². The van der Waals surface area contributed by atoms with Crippen LogP contribution in [0.15, 0.2) is 54.7 Å². The summed E-state index contributed by atoms with van der Waals surface area (Å²) in [6.45, 7) is 2.66. The lowest BCUT2D eigenvalue weighted by Crippen LogP contribution is -2.35. The van der Waals surface area contributed by atoms with Gasteiger partial charge in [-0.3, -0.25) is 14.5 Å². The molecule has 2 aromatic carbocycles. The molecule has 1 atom stereocenters. The summed E-state index contributed by atoms with van der Waals surface area (Å²) in [6.07, 6.45) is 4.83. The average molecular weight is 390 g/mol. The second kappa shape index (κ2) is 8.09. The van der Waals surface area contributed by atoms with Crippen molar-refractivity contribution in [2.24, 2.45) is 11.5 Å². The van der Waals surface area contributed by atoms with E-state index in [1.807, 2.05) is 18.2 Å². The maximum absolute atomic E-state index is 11.5. The van der Waals surface area contributed by atoms with E-state index in [1.54, 1.807) is 6.07 Å². The highest BCUT2D eigenvalue weighted by atomic mass is 16.1. The van der Waals surface area contributed by atoms with Crippen molar-refractivity contribution >= 4 is 22.7 Å². The zero-order valence-electron chi connectivity index (χ0n) is 16.4. The Morgan fingerprint density at radius 2 is 1.86 bits per heavy atom. The highest BCUT2D eigenvalue weighted by molar-refractivity contribution is 5.94. The first-order chi connectivity index (χ1) is 14.0. The highest BCUT2D eigenvalue weighted by Crippen LogP contribution is 2.27. The largest absolute Gasteiger partial charge is 0.370 e. The molecule has 2 heterocycles. The Balaban J connectivity index is 1.55. The summed E-state index contributed by atoms with van der Waals surface area (Å²) < 4.78 is 2.28. The number of hydrogen-bond acceptors (Lipinski definition) is 3. The van der Waals surface area contributed by atoms with Crippen LogP contribution in [0.3, 0.4) is 0 Å². The van der Waals surface area contributed by atoms with Gasteiger partial charge in [-0.15, -0.1) is 0 Å². The van der Waals surface area contributed by atoms with Crippen LogP contribution in [0.4, 0.5) is 0 Å². The first kappa shape index (κ1) is 19.2. The Morgan fingerprint density at radius 3 is 2.66 bits per heavy atom. The molecule has 1 aromatic heterocycles. The van der Waals surface area contributed by atoms with Crippen LogP contribution in [0.1, 0.15) is 29.6 Å². The van der Waals surface area contributed by atoms with Gasteiger partial charge in [-0.25, -0.2) is 0 Å². The summed E-state index contributed by atoms with van der Waals surface area (Å²) >= 11 is 0. The maximum Gasteiger partial charge on any atom is 0.248 e. The zero-order valence-corrected chi connectivity index (χ0v) is 16.4. The van der Waals surface area contributed by atoms with Gasteiger partial charge >= 0.3 is 0 Å². The van der Waals surface area contributed by atoms with Gasteiger partial charge in [0, 0.05) is 48.2 Å². The minimum atomic E-state index is -0.420. The molecule has 0 spiro atoms. The fourth-order valence-corrected chi connectivity index (χ4v) is 4.27. The third kappa shape index (κ3) is 4.17. The Kier molecular flexibility index (Phi) is 5.36. The van der Waals surface area contributed by atoms with Gasteiger partial charge in [0.25, 0.3) is 0 Å². The molecule has 1 aliphatic rings. The molecule has 3 aromatic rings. The van der Waals surface area contributed by atoms with E-state index in [9.17, 15) is 9.59 Å². The molecule has 0 bridgehead atoms. The van der Waals surface area contributed by atoms with E-state index in [4.69, 9.17) is 11.5 Å². The molecule has 0 unspecified atom stereocenters. The minimum Gasteiger partial charge on any atom is -0.370 e. The van der Waals surface area contributed by atoms with Crippen LogP contribution >= 0.6 is 0 Å². The van der Waals surface area contributed by atoms with Gasteiger partial charge in [-0.05, 0) is 60.8 Å². The molecule has 0 aliphatic carbocycles. The zero-order chi connectivity index (χ0) is 20.4. The topological polar surface area (TPSA) is 94.3 Å². The van der Waals surface area contributed by atoms with E-state index in [0.29, 0.717) is 18.0 Å². The van der Waals surface area contributed by atoms with Crippen molar-refractivity contribution in [2.75, 3.05) is 13.1 Å². The SMILES string of the molecule is NC(=O)CCN1CCC[C@@H]1Cn1ccc2cc(-c3cccc(C(N)=O)c3)ccc21. The third-order valence-corrected chi connectivity index (χ3v) is 5.80. The summed E-state index contributed by atoms with van der Waals surface area (Å²) in [4.78, 5) is 25.0. The van der Waals surface area contributed by atoms with Crippen LogP contribution in [-0.4, -0.2) is 40.4 Å². The van der Waals surface area contributed by atoms with Gasteiger partial charge < -0.3 is 16.0 Å². The molecule has 6 heteroatoms. The Bertz CT molecular complexity index is 1060. The van der Waals surface area contributed by atoms with Crippen molar-refractivity contribution < 1.29 is 9.59 Å². The van der Waals surface area contributed by atoms with Crippen molar-refractivity contribution in [1.29, 1.82) is 0 Å². The number of aromatic nitrogens is 1. The normalized spacial score (nSPS) is 17.0. The predicted molar refractivity (Wildman–Crippen MR) is 114 cm³/mol. The van der Waals surface area contributed by atoms with Gasteiger partial charge in [0.05, 0.1) is 0 Å². The number of amides is 2. The van der Waals surface area contributed by atoms with E-state index < -0.39 is 5.91 Å². The lowest BCUT2D eigenvalue weighted by Gasteiger charge is -2.24. The van der Waals surface area contributed by atoms with Crippen LogP contribution in [0.5, 0.6) is 0 Å². The molecule has 4 rings (SSSR count). The van der Waals surface area contributed by atoms with Crippen molar-refractivity contribution in [3.63, 3.8) is 0 Å². The van der Waals surface area contributed by atoms with Crippen molar-refractivity contribution in [1.82, 2.24) is 9.47 Å². The number of carbonyl (C=O) groups excluding carboxylic acids is 2. The number of hydrogen-bond donors (Lipinski definition) is 2. The van der Waals surface area contributed by atoms with Gasteiger partial charge in [-0.2, -0.15) is 0 Å². The second-order valence-electron chi connectivity index (χ2n) is 7.74. The summed E-state index contributed by atoms with van der Waals surface area (Å²) in [5, 5.41) is 1.16. The molecule has 1 aliphatic heterocycles. The number of carbonyl (C=O) groups is 2. The highest BCUT2D eigenvalue weighted by Gasteiger charge is 2.25. The molecule has 6 nitrogen and oxygen atoms in total. The number of likely N-dealkylation sites (tertiary alicyclic amines) is 1. The molecule has 29 heavy (non-hydrogen) atoms. The minimum absolute atomic E-state index is 0.241. The lowest BCUT2D eigenvalue weighted by molar-refractivity contribution is -0.118. The summed E-state index contributed by atoms with van der Waals surface area (Å²) in [5.41, 5.74) is 14.5. The van der Waals surface area contributed by atoms with E-state index in [2.05, 4.69) is 39.9 Å². The Hall–Kier alpha value is -3.12. The molecule has 1 fully saturated rings. The van der Waals surface area contributed by atoms with Crippen molar-refractivity contribution in [2.45, 2.75) is 31.8 Å². The standard InChI is InChI=1S/C23H26N4O2/c24-22(28)9-12-26-10-2-5-20(26)15-27-11-8-18-13-17(6-7-21(18)27)16-3-1-4-19(14-16)23(25)29/h1,3-4,6-8,11,13-14,20H,2,5,9-10,12,15H2,(H2,24,28)(H2,25,29)/t20-/m1/s1. The number of fused-ring (bicyclic) bond motifs is 1. The van der Waals surface area contributed by atoms with Gasteiger partial charge in [0.1, 0.15) is 0 Å². The van der Waals surface area contributed by atoms with Crippen LogP contribution in [-0.2, 0) is 11.3 Å². The van der Waals surface area contributed by atoms with E-state index in [-0.39, 0.29) is 5.91 Å². The predicted octanol–water partition coefficient (Wildman–Crippen LogP) is 2.75. The summed E-state index contributed by atoms with van der Waals surface area (Å²) in [6, 6.07) is 16.3. The second-order valence-corrected chi connectivity index (χ2v) is 7.74. The first-order valence-electron chi connectivity index (χ1n) is 10.0. The quantitative estimate of drug-likeness (QED) is 0.649. The van der Waals surface area contributed by atoms with Crippen LogP contribution in [0.25, 0.3) is 22.0 Å². The molecule has 4 N–H and O–H groups in total. The van der Waals surface area contributed by atoms with E-state index >= 15 is 0 Å². The monoisotopic (exact) mass is 390 g/mol. The van der Waals surface area contributed by atoms with E-state index in [0.717, 1.165) is 49.0 Å². The van der Waals surface area contributed by atoms with Crippen molar-refractivity contribution in [3.05, 3.63) is 60.3 Å². The Labute approximate surface area is 170 Å². The molecular formula is C23H26N4O2. The molecular weight excluding hydrogens is 364 g/mol. The number of rotatable bonds is 7. The molecule has 2 amide bonds. The number of primary amides is 2. The van der Waals surface area contributed by atoms with Crippen LogP contribution in [0.2, 0.25) is 0 Å². The molecule has 0 radical (unpaired) electrons. The van der Waals surface area contributed by atoms with E-state index in [1.165, 1.54) is 5.52 Å². The number of nitrogens with zero attached hydrogens (tertiary/aromatic N) is 2. The average Bonchev–Trinajstić information content (AvgIpc) is 3.33. The Morgan fingerprint density at radius 1 is 1.03 bits per heavy atom. The number of benzene rings is 2. The molecule has 0 saturated carbocycles. The smallest absolute Gasteiger partial charge is 0.248 e. The summed E-state index contributed by atoms with van der Waals surface area (Å²) in [5.74, 6) is -0.661. The summed E-state index contributed by atoms with van der Waals surface area (Å²) in [7, 11) is 0. The fourth-order valence-electron chi connectivity index (χ4n) is 4.27. The fraction of sp³-hybridized carbons (Fsp3) is 0.304. The van der Waals surface area contributed by atoms with Gasteiger partial charge in [0.15, 0.2) is 0 Å². The van der Waals surface area contributed by atoms with Crippen molar-refractivity contribution in [3.8, 4) is 11.1 Å². The lowest BCUT2D eigenvalue weighted by atomic mass is 10.0. The van der Waals surface area contributed by atoms with Gasteiger partial charge in [0.2, 0.25) is 11.8 Å². The van der Waals surface area contributed by atoms with Crippen LogP contribution in [0, 0.1) is 0 Å².